The molecule has 5 heteroatoms. The van der Waals surface area contributed by atoms with Crippen molar-refractivity contribution in [2.24, 2.45) is 5.92 Å². The Balaban J connectivity index is 1.43. The van der Waals surface area contributed by atoms with Gasteiger partial charge in [0.25, 0.3) is 0 Å². The first-order valence-corrected chi connectivity index (χ1v) is 12.8. The second kappa shape index (κ2) is 13.6. The van der Waals surface area contributed by atoms with Crippen LogP contribution in [0.3, 0.4) is 0 Å². The predicted molar refractivity (Wildman–Crippen MR) is 131 cm³/mol. The zero-order valence-corrected chi connectivity index (χ0v) is 19.9. The molecule has 0 aromatic heterocycles. The van der Waals surface area contributed by atoms with E-state index in [0.29, 0.717) is 12.3 Å². The molecule has 0 bridgehead atoms. The van der Waals surface area contributed by atoms with Crippen molar-refractivity contribution in [2.45, 2.75) is 90.2 Å². The summed E-state index contributed by atoms with van der Waals surface area (Å²) in [4.78, 5) is 14.2. The number of nitrogens with zero attached hydrogens (tertiary/aromatic N) is 1. The fourth-order valence-corrected chi connectivity index (χ4v) is 4.85. The molecule has 0 spiro atoms. The first kappa shape index (κ1) is 24.8. The molecular weight excluding hydrogens is 400 g/mol. The first-order valence-electron chi connectivity index (χ1n) is 12.8. The highest BCUT2D eigenvalue weighted by molar-refractivity contribution is 5.75. The molecule has 178 valence electrons. The molecule has 1 fully saturated rings. The lowest BCUT2D eigenvalue weighted by Gasteiger charge is -2.39. The molecule has 1 aromatic rings. The fourth-order valence-electron chi connectivity index (χ4n) is 4.85. The molecule has 2 aliphatic heterocycles. The molecule has 1 aromatic carbocycles. The smallest absolute Gasteiger partial charge is 0.307 e. The minimum absolute atomic E-state index is 0.0940. The largest absolute Gasteiger partial charge is 0.444 e. The second-order valence-corrected chi connectivity index (χ2v) is 9.29. The third kappa shape index (κ3) is 7.35. The summed E-state index contributed by atoms with van der Waals surface area (Å²) in [6, 6.07) is 8.04. The molecule has 32 heavy (non-hydrogen) atoms. The Morgan fingerprint density at radius 1 is 1.03 bits per heavy atom. The molecule has 2 aliphatic rings. The lowest BCUT2D eigenvalue weighted by atomic mass is 9.85. The Hall–Kier alpha value is -1.85. The number of para-hydroxylation sites is 1. The summed E-state index contributed by atoms with van der Waals surface area (Å²) in [6.07, 6.45) is 15.0. The summed E-state index contributed by atoms with van der Waals surface area (Å²) >= 11 is 0. The number of aliphatic hydroxyl groups excluding tert-OH is 1. The number of unbranched alkanes of at least 4 members (excludes halogenated alkanes) is 8. The summed E-state index contributed by atoms with van der Waals surface area (Å²) in [5, 5.41) is 14.5. The zero-order chi connectivity index (χ0) is 22.6. The van der Waals surface area contributed by atoms with Gasteiger partial charge in [-0.25, -0.2) is 0 Å². The van der Waals surface area contributed by atoms with Gasteiger partial charge in [0.1, 0.15) is 0 Å². The van der Waals surface area contributed by atoms with E-state index in [4.69, 9.17) is 4.74 Å². The molecule has 1 atom stereocenters. The van der Waals surface area contributed by atoms with Crippen molar-refractivity contribution in [1.82, 2.24) is 5.32 Å². The number of carbonyl (C=O) groups is 1. The van der Waals surface area contributed by atoms with Crippen LogP contribution in [-0.4, -0.2) is 37.1 Å². The number of piperidine rings is 1. The van der Waals surface area contributed by atoms with E-state index >= 15 is 0 Å². The number of fused-ring (bicyclic) bond motifs is 1. The van der Waals surface area contributed by atoms with Gasteiger partial charge in [0.2, 0.25) is 0 Å². The normalized spacial score (nSPS) is 18.9. The SMILES string of the molecule is CCCCCCCCCCCC(=O)OCN1c2ccccc2C=C(C2CCNCC2)C1O. The molecule has 0 amide bonds. The van der Waals surface area contributed by atoms with Crippen LogP contribution in [0.4, 0.5) is 5.69 Å². The molecule has 2 heterocycles. The number of carbonyl (C=O) groups excluding carboxylic acids is 1. The number of anilines is 1. The van der Waals surface area contributed by atoms with Gasteiger partial charge in [-0.3, -0.25) is 4.79 Å². The summed E-state index contributed by atoms with van der Waals surface area (Å²) < 4.78 is 5.60. The van der Waals surface area contributed by atoms with Crippen LogP contribution in [0.5, 0.6) is 0 Å². The number of rotatable bonds is 13. The van der Waals surface area contributed by atoms with Gasteiger partial charge in [0, 0.05) is 12.1 Å². The first-order chi connectivity index (χ1) is 15.7. The van der Waals surface area contributed by atoms with Crippen LogP contribution in [0, 0.1) is 5.92 Å². The van der Waals surface area contributed by atoms with Crippen LogP contribution in [0.25, 0.3) is 6.08 Å². The van der Waals surface area contributed by atoms with E-state index in [-0.39, 0.29) is 12.7 Å². The molecule has 3 rings (SSSR count). The number of hydrogen-bond acceptors (Lipinski definition) is 5. The number of hydrogen-bond donors (Lipinski definition) is 2. The Labute approximate surface area is 194 Å². The van der Waals surface area contributed by atoms with Crippen molar-refractivity contribution in [3.05, 3.63) is 35.4 Å². The highest BCUT2D eigenvalue weighted by atomic mass is 16.5. The standard InChI is InChI=1S/C27H42N2O3/c1-2-3-4-5-6-7-8-9-10-15-26(30)32-21-29-25-14-12-11-13-23(25)20-24(27(29)31)22-16-18-28-19-17-22/h11-14,20,22,27-28,31H,2-10,15-19,21H2,1H3. The van der Waals surface area contributed by atoms with Crippen LogP contribution in [0.15, 0.2) is 29.8 Å². The Bertz CT molecular complexity index is 727. The van der Waals surface area contributed by atoms with E-state index in [0.717, 1.165) is 55.6 Å². The Morgan fingerprint density at radius 2 is 1.69 bits per heavy atom. The number of ether oxygens (including phenoxy) is 1. The highest BCUT2D eigenvalue weighted by Crippen LogP contribution is 2.37. The van der Waals surface area contributed by atoms with Gasteiger partial charge < -0.3 is 20.1 Å². The van der Waals surface area contributed by atoms with E-state index in [9.17, 15) is 9.90 Å². The third-order valence-electron chi connectivity index (χ3n) is 6.82. The quantitative estimate of drug-likeness (QED) is 0.306. The minimum Gasteiger partial charge on any atom is -0.444 e. The van der Waals surface area contributed by atoms with Gasteiger partial charge >= 0.3 is 5.97 Å². The van der Waals surface area contributed by atoms with Crippen molar-refractivity contribution in [3.8, 4) is 0 Å². The fraction of sp³-hybridized carbons (Fsp3) is 0.667. The second-order valence-electron chi connectivity index (χ2n) is 9.29. The summed E-state index contributed by atoms with van der Waals surface area (Å²) in [6.45, 7) is 4.29. The van der Waals surface area contributed by atoms with Gasteiger partial charge in [-0.05, 0) is 61.5 Å². The molecule has 0 aliphatic carbocycles. The van der Waals surface area contributed by atoms with Crippen LogP contribution in [0.1, 0.15) is 89.5 Å². The molecule has 1 saturated heterocycles. The van der Waals surface area contributed by atoms with E-state index in [2.05, 4.69) is 24.4 Å². The van der Waals surface area contributed by atoms with Gasteiger partial charge in [-0.2, -0.15) is 0 Å². The average Bonchev–Trinajstić information content (AvgIpc) is 2.82. The Morgan fingerprint density at radius 3 is 2.41 bits per heavy atom. The minimum atomic E-state index is -0.742. The monoisotopic (exact) mass is 442 g/mol. The summed E-state index contributed by atoms with van der Waals surface area (Å²) in [5.74, 6) is 0.190. The summed E-state index contributed by atoms with van der Waals surface area (Å²) in [5.41, 5.74) is 3.05. The number of nitrogens with one attached hydrogen (secondary N) is 1. The van der Waals surface area contributed by atoms with Gasteiger partial charge in [-0.15, -0.1) is 0 Å². The van der Waals surface area contributed by atoms with Crippen LogP contribution >= 0.6 is 0 Å². The van der Waals surface area contributed by atoms with Crippen molar-refractivity contribution in [2.75, 3.05) is 24.7 Å². The van der Waals surface area contributed by atoms with Gasteiger partial charge in [-0.1, -0.05) is 76.5 Å². The molecule has 0 saturated carbocycles. The van der Waals surface area contributed by atoms with Crippen molar-refractivity contribution in [3.63, 3.8) is 0 Å². The molecule has 5 nitrogen and oxygen atoms in total. The van der Waals surface area contributed by atoms with Gasteiger partial charge in [0.15, 0.2) is 13.0 Å². The maximum absolute atomic E-state index is 12.3. The van der Waals surface area contributed by atoms with E-state index in [1.807, 2.05) is 23.1 Å². The third-order valence-corrected chi connectivity index (χ3v) is 6.82. The Kier molecular flexibility index (Phi) is 10.6. The zero-order valence-electron chi connectivity index (χ0n) is 19.9. The molecular formula is C27H42N2O3. The topological polar surface area (TPSA) is 61.8 Å². The number of esters is 1. The van der Waals surface area contributed by atoms with E-state index in [1.165, 1.54) is 44.9 Å². The number of benzene rings is 1. The predicted octanol–water partition coefficient (Wildman–Crippen LogP) is 5.63. The van der Waals surface area contributed by atoms with Crippen LogP contribution < -0.4 is 10.2 Å². The highest BCUT2D eigenvalue weighted by Gasteiger charge is 2.32. The molecule has 1 unspecified atom stereocenters. The number of aliphatic hydroxyl groups is 1. The van der Waals surface area contributed by atoms with Crippen molar-refractivity contribution < 1.29 is 14.6 Å². The maximum Gasteiger partial charge on any atom is 0.307 e. The summed E-state index contributed by atoms with van der Waals surface area (Å²) in [7, 11) is 0. The maximum atomic E-state index is 12.3. The lowest BCUT2D eigenvalue weighted by Crippen LogP contribution is -2.44. The van der Waals surface area contributed by atoms with Crippen LogP contribution in [0.2, 0.25) is 0 Å². The molecule has 2 N–H and O–H groups in total. The van der Waals surface area contributed by atoms with Crippen molar-refractivity contribution >= 4 is 17.7 Å². The van der Waals surface area contributed by atoms with Gasteiger partial charge in [0.05, 0.1) is 0 Å². The lowest BCUT2D eigenvalue weighted by molar-refractivity contribution is -0.144. The van der Waals surface area contributed by atoms with Crippen LogP contribution in [-0.2, 0) is 9.53 Å². The van der Waals surface area contributed by atoms with Crippen molar-refractivity contribution in [1.29, 1.82) is 0 Å². The van der Waals surface area contributed by atoms with E-state index < -0.39 is 6.23 Å². The van der Waals surface area contributed by atoms with E-state index in [1.54, 1.807) is 0 Å². The molecule has 0 radical (unpaired) electrons. The average molecular weight is 443 g/mol.